The zero-order chi connectivity index (χ0) is 13.2. The first-order valence-corrected chi connectivity index (χ1v) is 5.79. The summed E-state index contributed by atoms with van der Waals surface area (Å²) in [5, 5.41) is 19.5. The number of aliphatic hydroxyl groups excluding tert-OH is 1. The van der Waals surface area contributed by atoms with E-state index in [-0.39, 0.29) is 0 Å². The number of aliphatic hydroxyl groups is 1. The van der Waals surface area contributed by atoms with Gasteiger partial charge in [-0.1, -0.05) is 12.1 Å². The van der Waals surface area contributed by atoms with Gasteiger partial charge in [-0.05, 0) is 30.5 Å². The topological polar surface area (TPSA) is 76.0 Å². The lowest BCUT2D eigenvalue weighted by Crippen LogP contribution is -2.44. The van der Waals surface area contributed by atoms with E-state index in [0.717, 1.165) is 0 Å². The Morgan fingerprint density at radius 1 is 1.44 bits per heavy atom. The molecule has 98 valence electrons. The fraction of sp³-hybridized carbons (Fsp3) is 0.462. The molecular weight excluding hydrogens is 236 g/mol. The second-order valence-corrected chi connectivity index (χ2v) is 4.32. The number of carbonyl (C=O) groups is 1. The summed E-state index contributed by atoms with van der Waals surface area (Å²) < 4.78 is 10.3. The minimum atomic E-state index is -1.52. The van der Waals surface area contributed by atoms with E-state index in [1.807, 2.05) is 0 Å². The maximum Gasteiger partial charge on any atom is 0.339 e. The van der Waals surface area contributed by atoms with Crippen LogP contribution in [-0.2, 0) is 9.53 Å². The molecule has 0 aliphatic carbocycles. The smallest absolute Gasteiger partial charge is 0.339 e. The normalized spacial score (nSPS) is 24.8. The van der Waals surface area contributed by atoms with E-state index >= 15 is 0 Å². The zero-order valence-corrected chi connectivity index (χ0v) is 10.1. The Kier molecular flexibility index (Phi) is 3.54. The van der Waals surface area contributed by atoms with Crippen molar-refractivity contribution in [2.45, 2.75) is 24.5 Å². The van der Waals surface area contributed by atoms with Gasteiger partial charge >= 0.3 is 5.97 Å². The van der Waals surface area contributed by atoms with Crippen molar-refractivity contribution in [3.8, 4) is 5.75 Å². The van der Waals surface area contributed by atoms with Crippen molar-refractivity contribution in [3.05, 3.63) is 29.8 Å². The number of carboxylic acid groups (broad SMARTS) is 1. The summed E-state index contributed by atoms with van der Waals surface area (Å²) in [7, 11) is 1.55. The van der Waals surface area contributed by atoms with Crippen LogP contribution < -0.4 is 4.74 Å². The van der Waals surface area contributed by atoms with Crippen molar-refractivity contribution in [2.24, 2.45) is 0 Å². The Hall–Kier alpha value is -1.59. The lowest BCUT2D eigenvalue weighted by molar-refractivity contribution is -0.174. The van der Waals surface area contributed by atoms with E-state index < -0.39 is 17.7 Å². The summed E-state index contributed by atoms with van der Waals surface area (Å²) in [4.78, 5) is 11.4. The van der Waals surface area contributed by atoms with Gasteiger partial charge in [0.05, 0.1) is 7.11 Å². The summed E-state index contributed by atoms with van der Waals surface area (Å²) in [5.41, 5.74) is -1.01. The van der Waals surface area contributed by atoms with Crippen LogP contribution in [0, 0.1) is 0 Å². The van der Waals surface area contributed by atoms with Gasteiger partial charge in [-0.2, -0.15) is 0 Å². The van der Waals surface area contributed by atoms with Crippen LogP contribution in [0.1, 0.15) is 24.5 Å². The number of benzene rings is 1. The first-order chi connectivity index (χ1) is 8.60. The van der Waals surface area contributed by atoms with Gasteiger partial charge in [0.1, 0.15) is 11.9 Å². The van der Waals surface area contributed by atoms with Gasteiger partial charge in [0.25, 0.3) is 0 Å². The van der Waals surface area contributed by atoms with Crippen molar-refractivity contribution in [3.63, 3.8) is 0 Å². The van der Waals surface area contributed by atoms with Crippen molar-refractivity contribution < 1.29 is 24.5 Å². The Labute approximate surface area is 105 Å². The maximum atomic E-state index is 11.4. The van der Waals surface area contributed by atoms with Crippen molar-refractivity contribution in [2.75, 3.05) is 13.7 Å². The second kappa shape index (κ2) is 4.96. The first kappa shape index (κ1) is 12.9. The molecule has 18 heavy (non-hydrogen) atoms. The molecule has 2 unspecified atom stereocenters. The highest BCUT2D eigenvalue weighted by atomic mass is 16.5. The van der Waals surface area contributed by atoms with E-state index in [1.165, 1.54) is 0 Å². The number of aliphatic carboxylic acids is 1. The van der Waals surface area contributed by atoms with E-state index in [4.69, 9.17) is 9.47 Å². The van der Waals surface area contributed by atoms with Gasteiger partial charge in [0.15, 0.2) is 5.60 Å². The zero-order valence-electron chi connectivity index (χ0n) is 10.1. The summed E-state index contributed by atoms with van der Waals surface area (Å²) in [6, 6.07) is 6.66. The number of rotatable bonds is 4. The summed E-state index contributed by atoms with van der Waals surface area (Å²) >= 11 is 0. The molecule has 0 bridgehead atoms. The van der Waals surface area contributed by atoms with Crippen LogP contribution in [0.4, 0.5) is 0 Å². The van der Waals surface area contributed by atoms with Crippen LogP contribution in [0.2, 0.25) is 0 Å². The quantitative estimate of drug-likeness (QED) is 0.846. The van der Waals surface area contributed by atoms with E-state index in [2.05, 4.69) is 0 Å². The van der Waals surface area contributed by atoms with Crippen LogP contribution in [0.25, 0.3) is 0 Å². The Bertz CT molecular complexity index is 420. The molecule has 5 heteroatoms. The third-order valence-corrected chi connectivity index (χ3v) is 3.29. The average molecular weight is 252 g/mol. The number of methoxy groups -OCH3 is 1. The minimum Gasteiger partial charge on any atom is -0.497 e. The van der Waals surface area contributed by atoms with Gasteiger partial charge in [-0.3, -0.25) is 0 Å². The fourth-order valence-corrected chi connectivity index (χ4v) is 2.22. The summed E-state index contributed by atoms with van der Waals surface area (Å²) in [5.74, 6) is -0.467. The Morgan fingerprint density at radius 3 is 2.56 bits per heavy atom. The van der Waals surface area contributed by atoms with Gasteiger partial charge in [0, 0.05) is 6.61 Å². The fourth-order valence-electron chi connectivity index (χ4n) is 2.22. The second-order valence-electron chi connectivity index (χ2n) is 4.32. The summed E-state index contributed by atoms with van der Waals surface area (Å²) in [6.45, 7) is 0.361. The lowest BCUT2D eigenvalue weighted by atomic mass is 9.88. The highest BCUT2D eigenvalue weighted by Crippen LogP contribution is 2.38. The first-order valence-electron chi connectivity index (χ1n) is 5.79. The predicted octanol–water partition coefficient (Wildman–Crippen LogP) is 1.36. The molecule has 1 saturated heterocycles. The molecule has 2 rings (SSSR count). The van der Waals surface area contributed by atoms with Crippen LogP contribution in [-0.4, -0.2) is 35.5 Å². The van der Waals surface area contributed by atoms with Gasteiger partial charge < -0.3 is 19.7 Å². The molecule has 1 heterocycles. The number of carboxylic acids is 1. The molecule has 1 fully saturated rings. The van der Waals surface area contributed by atoms with Gasteiger partial charge in [0.2, 0.25) is 0 Å². The molecule has 1 aliphatic rings. The standard InChI is InChI=1S/C13H16O5/c1-17-10-5-3-9(4-6-10)11(14)13(12(15)16)7-2-8-18-13/h3-6,11,14H,2,7-8H2,1H3,(H,15,16). The SMILES string of the molecule is COc1ccc(C(O)C2(C(=O)O)CCCO2)cc1. The molecule has 1 aromatic rings. The molecule has 2 N–H and O–H groups in total. The van der Waals surface area contributed by atoms with E-state index in [0.29, 0.717) is 30.8 Å². The third-order valence-electron chi connectivity index (χ3n) is 3.29. The molecule has 0 amide bonds. The lowest BCUT2D eigenvalue weighted by Gasteiger charge is -2.29. The number of ether oxygens (including phenoxy) is 2. The molecule has 0 spiro atoms. The number of hydrogen-bond acceptors (Lipinski definition) is 4. The monoisotopic (exact) mass is 252 g/mol. The van der Waals surface area contributed by atoms with E-state index in [1.54, 1.807) is 31.4 Å². The molecule has 1 aliphatic heterocycles. The van der Waals surface area contributed by atoms with E-state index in [9.17, 15) is 15.0 Å². The molecule has 0 radical (unpaired) electrons. The molecule has 2 atom stereocenters. The van der Waals surface area contributed by atoms with Gasteiger partial charge in [-0.15, -0.1) is 0 Å². The minimum absolute atomic E-state index is 0.315. The molecule has 0 saturated carbocycles. The van der Waals surface area contributed by atoms with Gasteiger partial charge in [-0.25, -0.2) is 4.79 Å². The molecule has 5 nitrogen and oxygen atoms in total. The van der Waals surface area contributed by atoms with Crippen LogP contribution in [0.15, 0.2) is 24.3 Å². The largest absolute Gasteiger partial charge is 0.497 e. The Morgan fingerprint density at radius 2 is 2.11 bits per heavy atom. The highest BCUT2D eigenvalue weighted by molar-refractivity contribution is 5.79. The molecule has 0 aromatic heterocycles. The molecule has 1 aromatic carbocycles. The van der Waals surface area contributed by atoms with Crippen LogP contribution in [0.5, 0.6) is 5.75 Å². The number of hydrogen-bond donors (Lipinski definition) is 2. The Balaban J connectivity index is 2.27. The van der Waals surface area contributed by atoms with Crippen molar-refractivity contribution in [1.29, 1.82) is 0 Å². The average Bonchev–Trinajstić information content (AvgIpc) is 2.88. The van der Waals surface area contributed by atoms with Crippen LogP contribution >= 0.6 is 0 Å². The maximum absolute atomic E-state index is 11.4. The van der Waals surface area contributed by atoms with Crippen LogP contribution in [0.3, 0.4) is 0 Å². The molecular formula is C13H16O5. The summed E-state index contributed by atoms with van der Waals surface area (Å²) in [6.07, 6.45) is -0.224. The van der Waals surface area contributed by atoms with Crippen molar-refractivity contribution in [1.82, 2.24) is 0 Å². The predicted molar refractivity (Wildman–Crippen MR) is 63.5 cm³/mol. The third kappa shape index (κ3) is 2.07. The highest BCUT2D eigenvalue weighted by Gasteiger charge is 2.49. The van der Waals surface area contributed by atoms with Crippen molar-refractivity contribution >= 4 is 5.97 Å².